The van der Waals surface area contributed by atoms with Crippen molar-refractivity contribution < 1.29 is 9.84 Å². The molecule has 1 heterocycles. The zero-order chi connectivity index (χ0) is 14.5. The Morgan fingerprint density at radius 2 is 2.10 bits per heavy atom. The summed E-state index contributed by atoms with van der Waals surface area (Å²) in [5.74, 6) is 0.737. The number of aliphatic hydroxyl groups is 1. The Balaban J connectivity index is 2.27. The molecule has 1 aromatic carbocycles. The Labute approximate surface area is 124 Å². The first-order chi connectivity index (χ1) is 9.65. The first-order valence-corrected chi connectivity index (χ1v) is 6.96. The van der Waals surface area contributed by atoms with E-state index in [1.165, 1.54) is 0 Å². The van der Waals surface area contributed by atoms with E-state index < -0.39 is 6.10 Å². The van der Waals surface area contributed by atoms with E-state index in [1.54, 1.807) is 25.6 Å². The molecular formula is C16H18ClNO2. The first-order valence-electron chi connectivity index (χ1n) is 6.59. The van der Waals surface area contributed by atoms with Gasteiger partial charge >= 0.3 is 0 Å². The smallest absolute Gasteiger partial charge is 0.122 e. The lowest BCUT2D eigenvalue weighted by molar-refractivity contribution is 0.176. The van der Waals surface area contributed by atoms with E-state index in [-0.39, 0.29) is 0 Å². The third-order valence-electron chi connectivity index (χ3n) is 3.34. The molecule has 0 aliphatic rings. The largest absolute Gasteiger partial charge is 0.496 e. The molecule has 20 heavy (non-hydrogen) atoms. The van der Waals surface area contributed by atoms with Crippen LogP contribution in [0.5, 0.6) is 5.75 Å². The van der Waals surface area contributed by atoms with E-state index in [4.69, 9.17) is 16.3 Å². The van der Waals surface area contributed by atoms with Crippen LogP contribution in [0.2, 0.25) is 5.02 Å². The van der Waals surface area contributed by atoms with Crippen molar-refractivity contribution in [3.8, 4) is 5.75 Å². The van der Waals surface area contributed by atoms with Crippen LogP contribution in [-0.4, -0.2) is 17.2 Å². The highest BCUT2D eigenvalue weighted by Gasteiger charge is 2.15. The summed E-state index contributed by atoms with van der Waals surface area (Å²) in [4.78, 5) is 4.10. The lowest BCUT2D eigenvalue weighted by atomic mass is 9.97. The molecule has 0 amide bonds. The minimum Gasteiger partial charge on any atom is -0.496 e. The summed E-state index contributed by atoms with van der Waals surface area (Å²) in [7, 11) is 1.61. The molecule has 0 radical (unpaired) electrons. The maximum absolute atomic E-state index is 10.5. The highest BCUT2D eigenvalue weighted by molar-refractivity contribution is 6.30. The van der Waals surface area contributed by atoms with Crippen molar-refractivity contribution in [2.45, 2.75) is 25.9 Å². The highest BCUT2D eigenvalue weighted by Crippen LogP contribution is 2.28. The first kappa shape index (κ1) is 14.8. The van der Waals surface area contributed by atoms with Crippen LogP contribution in [-0.2, 0) is 12.8 Å². The minimum atomic E-state index is -0.597. The number of rotatable bonds is 5. The van der Waals surface area contributed by atoms with Gasteiger partial charge in [-0.15, -0.1) is 0 Å². The third kappa shape index (κ3) is 3.30. The summed E-state index contributed by atoms with van der Waals surface area (Å²) >= 11 is 6.01. The molecule has 0 aliphatic carbocycles. The van der Waals surface area contributed by atoms with Crippen LogP contribution in [0.15, 0.2) is 36.7 Å². The maximum atomic E-state index is 10.5. The van der Waals surface area contributed by atoms with Gasteiger partial charge in [0.25, 0.3) is 0 Å². The van der Waals surface area contributed by atoms with Crippen LogP contribution in [0.25, 0.3) is 0 Å². The van der Waals surface area contributed by atoms with Gasteiger partial charge < -0.3 is 9.84 Å². The maximum Gasteiger partial charge on any atom is 0.122 e. The molecule has 3 nitrogen and oxygen atoms in total. The predicted octanol–water partition coefficient (Wildman–Crippen LogP) is 3.58. The monoisotopic (exact) mass is 291 g/mol. The fraction of sp³-hybridized carbons (Fsp3) is 0.312. The number of hydrogen-bond acceptors (Lipinski definition) is 3. The summed E-state index contributed by atoms with van der Waals surface area (Å²) in [6.45, 7) is 2.05. The standard InChI is InChI=1S/C16H18ClNO2/c1-3-11-10-18-7-6-14(11)15(19)9-12-8-13(17)4-5-16(12)20-2/h4-8,10,15,19H,3,9H2,1-2H3. The van der Waals surface area contributed by atoms with E-state index in [9.17, 15) is 5.11 Å². The van der Waals surface area contributed by atoms with Gasteiger partial charge in [0.2, 0.25) is 0 Å². The van der Waals surface area contributed by atoms with Crippen LogP contribution in [0.3, 0.4) is 0 Å². The van der Waals surface area contributed by atoms with E-state index in [0.717, 1.165) is 28.9 Å². The number of aryl methyl sites for hydroxylation is 1. The van der Waals surface area contributed by atoms with Crippen LogP contribution in [0.4, 0.5) is 0 Å². The Hall–Kier alpha value is -1.58. The van der Waals surface area contributed by atoms with Crippen molar-refractivity contribution in [3.63, 3.8) is 0 Å². The van der Waals surface area contributed by atoms with Gasteiger partial charge in [0.05, 0.1) is 13.2 Å². The van der Waals surface area contributed by atoms with E-state index in [1.807, 2.05) is 25.1 Å². The lowest BCUT2D eigenvalue weighted by Gasteiger charge is -2.16. The molecule has 0 saturated heterocycles. The fourth-order valence-electron chi connectivity index (χ4n) is 2.28. The topological polar surface area (TPSA) is 42.4 Å². The molecule has 0 fully saturated rings. The van der Waals surface area contributed by atoms with Crippen LogP contribution in [0, 0.1) is 0 Å². The molecule has 2 rings (SSSR count). The van der Waals surface area contributed by atoms with E-state index in [2.05, 4.69) is 4.98 Å². The molecule has 1 N–H and O–H groups in total. The molecule has 1 unspecified atom stereocenters. The van der Waals surface area contributed by atoms with Crippen LogP contribution in [0.1, 0.15) is 29.7 Å². The van der Waals surface area contributed by atoms with Gasteiger partial charge in [-0.1, -0.05) is 18.5 Å². The van der Waals surface area contributed by atoms with Gasteiger partial charge in [-0.05, 0) is 47.4 Å². The molecule has 0 bridgehead atoms. The summed E-state index contributed by atoms with van der Waals surface area (Å²) in [5.41, 5.74) is 2.86. The number of nitrogens with zero attached hydrogens (tertiary/aromatic N) is 1. The summed E-state index contributed by atoms with van der Waals surface area (Å²) < 4.78 is 5.31. The Kier molecular flexibility index (Phi) is 4.99. The molecule has 2 aromatic rings. The number of halogens is 1. The number of aromatic nitrogens is 1. The summed E-state index contributed by atoms with van der Waals surface area (Å²) in [5, 5.41) is 11.1. The second-order valence-electron chi connectivity index (χ2n) is 4.60. The van der Waals surface area contributed by atoms with Gasteiger partial charge in [0.1, 0.15) is 5.75 Å². The fourth-order valence-corrected chi connectivity index (χ4v) is 2.48. The van der Waals surface area contributed by atoms with Crippen molar-refractivity contribution in [1.82, 2.24) is 4.98 Å². The van der Waals surface area contributed by atoms with Crippen LogP contribution >= 0.6 is 11.6 Å². The molecule has 0 spiro atoms. The number of hydrogen-bond donors (Lipinski definition) is 1. The lowest BCUT2D eigenvalue weighted by Crippen LogP contribution is -2.06. The molecule has 0 aliphatic heterocycles. The molecule has 1 atom stereocenters. The Morgan fingerprint density at radius 3 is 2.80 bits per heavy atom. The van der Waals surface area contributed by atoms with Crippen molar-refractivity contribution >= 4 is 11.6 Å². The molecule has 1 aromatic heterocycles. The molecule has 4 heteroatoms. The highest BCUT2D eigenvalue weighted by atomic mass is 35.5. The van der Waals surface area contributed by atoms with Crippen molar-refractivity contribution in [3.05, 3.63) is 58.4 Å². The van der Waals surface area contributed by atoms with Gasteiger partial charge in [-0.2, -0.15) is 0 Å². The quantitative estimate of drug-likeness (QED) is 0.915. The molecule has 0 saturated carbocycles. The summed E-state index contributed by atoms with van der Waals surface area (Å²) in [6.07, 6.45) is 4.20. The van der Waals surface area contributed by atoms with Crippen molar-refractivity contribution in [2.75, 3.05) is 7.11 Å². The van der Waals surface area contributed by atoms with Crippen molar-refractivity contribution in [1.29, 1.82) is 0 Å². The minimum absolute atomic E-state index is 0.459. The van der Waals surface area contributed by atoms with Crippen molar-refractivity contribution in [2.24, 2.45) is 0 Å². The number of ether oxygens (including phenoxy) is 1. The summed E-state index contributed by atoms with van der Waals surface area (Å²) in [6, 6.07) is 7.29. The third-order valence-corrected chi connectivity index (χ3v) is 3.57. The van der Waals surface area contributed by atoms with Gasteiger partial charge in [0.15, 0.2) is 0 Å². The average Bonchev–Trinajstić information content (AvgIpc) is 2.47. The van der Waals surface area contributed by atoms with E-state index >= 15 is 0 Å². The van der Waals surface area contributed by atoms with Gasteiger partial charge in [-0.3, -0.25) is 4.98 Å². The second kappa shape index (κ2) is 6.73. The number of benzene rings is 1. The second-order valence-corrected chi connectivity index (χ2v) is 5.04. The number of pyridine rings is 1. The van der Waals surface area contributed by atoms with Crippen LogP contribution < -0.4 is 4.74 Å². The zero-order valence-electron chi connectivity index (χ0n) is 11.6. The zero-order valence-corrected chi connectivity index (χ0v) is 12.4. The number of methoxy groups -OCH3 is 1. The van der Waals surface area contributed by atoms with Gasteiger partial charge in [0, 0.05) is 23.8 Å². The Bertz CT molecular complexity index is 586. The SMILES string of the molecule is CCc1cnccc1C(O)Cc1cc(Cl)ccc1OC. The molecular weight excluding hydrogens is 274 g/mol. The van der Waals surface area contributed by atoms with E-state index in [0.29, 0.717) is 11.4 Å². The molecule has 106 valence electrons. The Morgan fingerprint density at radius 1 is 1.30 bits per heavy atom. The number of aliphatic hydroxyl groups excluding tert-OH is 1. The normalized spacial score (nSPS) is 12.2. The average molecular weight is 292 g/mol. The van der Waals surface area contributed by atoms with Gasteiger partial charge in [-0.25, -0.2) is 0 Å². The predicted molar refractivity (Wildman–Crippen MR) is 80.3 cm³/mol.